The highest BCUT2D eigenvalue weighted by Crippen LogP contribution is 2.20. The number of amides is 3. The molecule has 2 saturated heterocycles. The number of likely N-dealkylation sites (N-methyl/N-ethyl adjacent to an activating group) is 1. The summed E-state index contributed by atoms with van der Waals surface area (Å²) < 4.78 is 27.8. The van der Waals surface area contributed by atoms with Gasteiger partial charge in [-0.15, -0.1) is 0 Å². The Kier molecular flexibility index (Phi) is 7.61. The van der Waals surface area contributed by atoms with Crippen molar-refractivity contribution in [2.45, 2.75) is 11.8 Å². The van der Waals surface area contributed by atoms with E-state index in [4.69, 9.17) is 0 Å². The molecule has 35 heavy (non-hydrogen) atoms. The maximum absolute atomic E-state index is 13.5. The molecule has 2 fully saturated rings. The van der Waals surface area contributed by atoms with Gasteiger partial charge in [0.1, 0.15) is 6.54 Å². The van der Waals surface area contributed by atoms with Crippen molar-refractivity contribution in [3.8, 4) is 0 Å². The number of nitrogens with zero attached hydrogens (tertiary/aromatic N) is 5. The molecular formula is C25H33N5O4S. The predicted octanol–water partition coefficient (Wildman–Crippen LogP) is 1.70. The van der Waals surface area contributed by atoms with Crippen molar-refractivity contribution in [1.82, 2.24) is 19.0 Å². The van der Waals surface area contributed by atoms with Gasteiger partial charge in [0.15, 0.2) is 0 Å². The number of hydrogen-bond donors (Lipinski definition) is 0. The van der Waals surface area contributed by atoms with Crippen molar-refractivity contribution < 1.29 is 18.0 Å². The molecule has 3 amide bonds. The molecule has 2 heterocycles. The molecule has 2 aromatic carbocycles. The second-order valence-corrected chi connectivity index (χ2v) is 11.0. The van der Waals surface area contributed by atoms with Crippen molar-refractivity contribution in [3.63, 3.8) is 0 Å². The van der Waals surface area contributed by atoms with Crippen molar-refractivity contribution in [2.24, 2.45) is 0 Å². The largest absolute Gasteiger partial charge is 0.368 e. The Labute approximate surface area is 207 Å². The van der Waals surface area contributed by atoms with Crippen molar-refractivity contribution in [3.05, 3.63) is 60.2 Å². The lowest BCUT2D eigenvalue weighted by molar-refractivity contribution is -0.131. The van der Waals surface area contributed by atoms with Gasteiger partial charge in [-0.05, 0) is 38.2 Å². The zero-order valence-corrected chi connectivity index (χ0v) is 21.2. The quantitative estimate of drug-likeness (QED) is 0.623. The van der Waals surface area contributed by atoms with Crippen LogP contribution in [0.3, 0.4) is 0 Å². The first-order valence-corrected chi connectivity index (χ1v) is 13.3. The summed E-state index contributed by atoms with van der Waals surface area (Å²) in [6.45, 7) is 5.72. The number of carbonyl (C=O) groups is 2. The average Bonchev–Trinajstić information content (AvgIpc) is 2.88. The maximum Gasteiger partial charge on any atom is 0.334 e. The third-order valence-electron chi connectivity index (χ3n) is 6.63. The molecule has 0 spiro atoms. The van der Waals surface area contributed by atoms with E-state index in [9.17, 15) is 18.0 Å². The van der Waals surface area contributed by atoms with Gasteiger partial charge in [-0.2, -0.15) is 0 Å². The lowest BCUT2D eigenvalue weighted by Gasteiger charge is -2.38. The summed E-state index contributed by atoms with van der Waals surface area (Å²) >= 11 is 0. The fourth-order valence-electron chi connectivity index (χ4n) is 4.32. The third-order valence-corrected chi connectivity index (χ3v) is 8.36. The molecule has 0 aliphatic carbocycles. The van der Waals surface area contributed by atoms with Crippen LogP contribution in [-0.2, 0) is 14.8 Å². The molecule has 9 nitrogen and oxygen atoms in total. The van der Waals surface area contributed by atoms with Crippen LogP contribution in [0.5, 0.6) is 0 Å². The fourth-order valence-corrected chi connectivity index (χ4v) is 5.66. The van der Waals surface area contributed by atoms with E-state index in [1.807, 2.05) is 44.3 Å². The van der Waals surface area contributed by atoms with Crippen molar-refractivity contribution in [2.75, 3.05) is 70.9 Å². The minimum atomic E-state index is -4.20. The standard InChI is InChI=1S/C25H33N5O4S/c1-21-8-10-23(11-9-21)35(33,34)30(25(32)29-14-12-26(2)13-15-29)20-24(31)28-18-16-27(17-19-28)22-6-4-3-5-7-22/h3-11H,12-20H2,1-2H3. The van der Waals surface area contributed by atoms with E-state index >= 15 is 0 Å². The first-order chi connectivity index (χ1) is 16.8. The predicted molar refractivity (Wildman–Crippen MR) is 135 cm³/mol. The molecule has 0 radical (unpaired) electrons. The van der Waals surface area contributed by atoms with Crippen LogP contribution in [0.25, 0.3) is 0 Å². The fraction of sp³-hybridized carbons (Fsp3) is 0.440. The number of para-hydroxylation sites is 1. The first-order valence-electron chi connectivity index (χ1n) is 11.9. The normalized spacial score (nSPS) is 17.4. The summed E-state index contributed by atoms with van der Waals surface area (Å²) in [6.07, 6.45) is 0. The monoisotopic (exact) mass is 499 g/mol. The Hall–Kier alpha value is -3.11. The van der Waals surface area contributed by atoms with Gasteiger partial charge in [0, 0.05) is 58.0 Å². The topological polar surface area (TPSA) is 84.5 Å². The number of sulfonamides is 1. The van der Waals surface area contributed by atoms with Gasteiger partial charge in [-0.1, -0.05) is 35.9 Å². The molecule has 2 aliphatic rings. The lowest BCUT2D eigenvalue weighted by Crippen LogP contribution is -2.56. The number of anilines is 1. The van der Waals surface area contributed by atoms with Crippen LogP contribution in [0.4, 0.5) is 10.5 Å². The molecular weight excluding hydrogens is 466 g/mol. The van der Waals surface area contributed by atoms with Crippen LogP contribution < -0.4 is 4.90 Å². The summed E-state index contributed by atoms with van der Waals surface area (Å²) in [5.41, 5.74) is 2.00. The number of rotatable bonds is 5. The van der Waals surface area contributed by atoms with Gasteiger partial charge in [0.05, 0.1) is 4.90 Å². The SMILES string of the molecule is Cc1ccc(S(=O)(=O)N(CC(=O)N2CCN(c3ccccc3)CC2)C(=O)N2CCN(C)CC2)cc1. The number of piperazine rings is 2. The van der Waals surface area contributed by atoms with Gasteiger partial charge in [-0.25, -0.2) is 17.5 Å². The molecule has 10 heteroatoms. The van der Waals surface area contributed by atoms with Crippen LogP contribution in [0.15, 0.2) is 59.5 Å². The van der Waals surface area contributed by atoms with Gasteiger partial charge in [-0.3, -0.25) is 4.79 Å². The van der Waals surface area contributed by atoms with E-state index in [2.05, 4.69) is 9.80 Å². The first kappa shape index (κ1) is 25.0. The van der Waals surface area contributed by atoms with E-state index in [-0.39, 0.29) is 10.8 Å². The van der Waals surface area contributed by atoms with Crippen molar-refractivity contribution >= 4 is 27.6 Å². The molecule has 4 rings (SSSR count). The summed E-state index contributed by atoms with van der Waals surface area (Å²) in [4.78, 5) is 34.1. The van der Waals surface area contributed by atoms with Gasteiger partial charge in [0.2, 0.25) is 5.91 Å². The highest BCUT2D eigenvalue weighted by atomic mass is 32.2. The summed E-state index contributed by atoms with van der Waals surface area (Å²) in [5, 5.41) is 0. The Morgan fingerprint density at radius 2 is 1.37 bits per heavy atom. The second-order valence-electron chi connectivity index (χ2n) is 9.10. The summed E-state index contributed by atoms with van der Waals surface area (Å²) in [5.74, 6) is -0.365. The van der Waals surface area contributed by atoms with Crippen LogP contribution in [0.2, 0.25) is 0 Å². The number of urea groups is 1. The van der Waals surface area contributed by atoms with Gasteiger partial charge in [0.25, 0.3) is 10.0 Å². The molecule has 0 unspecified atom stereocenters. The Bertz CT molecular complexity index is 1120. The number of benzene rings is 2. The van der Waals surface area contributed by atoms with E-state index < -0.39 is 22.6 Å². The average molecular weight is 500 g/mol. The number of carbonyl (C=O) groups excluding carboxylic acids is 2. The third kappa shape index (κ3) is 5.76. The molecule has 2 aromatic rings. The second kappa shape index (κ2) is 10.7. The van der Waals surface area contributed by atoms with E-state index in [1.165, 1.54) is 17.0 Å². The Balaban J connectivity index is 1.50. The molecule has 0 bridgehead atoms. The summed E-state index contributed by atoms with van der Waals surface area (Å²) in [7, 11) is -2.24. The Morgan fingerprint density at radius 1 is 0.800 bits per heavy atom. The van der Waals surface area contributed by atoms with Crippen LogP contribution in [-0.4, -0.2) is 105 Å². The zero-order chi connectivity index (χ0) is 25.0. The lowest BCUT2D eigenvalue weighted by atomic mass is 10.2. The van der Waals surface area contributed by atoms with E-state index in [0.717, 1.165) is 15.6 Å². The maximum atomic E-state index is 13.5. The minimum absolute atomic E-state index is 0.00674. The Morgan fingerprint density at radius 3 is 1.97 bits per heavy atom. The van der Waals surface area contributed by atoms with Crippen molar-refractivity contribution in [1.29, 1.82) is 0 Å². The molecule has 2 aliphatic heterocycles. The summed E-state index contributed by atoms with van der Waals surface area (Å²) in [6, 6.07) is 15.7. The highest BCUT2D eigenvalue weighted by molar-refractivity contribution is 7.89. The smallest absolute Gasteiger partial charge is 0.334 e. The highest BCUT2D eigenvalue weighted by Gasteiger charge is 2.36. The van der Waals surface area contributed by atoms with E-state index in [1.54, 1.807) is 17.0 Å². The number of aryl methyl sites for hydroxylation is 1. The van der Waals surface area contributed by atoms with Gasteiger partial charge >= 0.3 is 6.03 Å². The minimum Gasteiger partial charge on any atom is -0.368 e. The van der Waals surface area contributed by atoms with E-state index in [0.29, 0.717) is 52.4 Å². The molecule has 188 valence electrons. The van der Waals surface area contributed by atoms with Crippen LogP contribution in [0.1, 0.15) is 5.56 Å². The van der Waals surface area contributed by atoms with Gasteiger partial charge < -0.3 is 19.6 Å². The molecule has 0 saturated carbocycles. The zero-order valence-electron chi connectivity index (χ0n) is 20.3. The molecule has 0 aromatic heterocycles. The number of hydrogen-bond acceptors (Lipinski definition) is 6. The molecule has 0 N–H and O–H groups in total. The van der Waals surface area contributed by atoms with Crippen LogP contribution >= 0.6 is 0 Å². The van der Waals surface area contributed by atoms with Crippen LogP contribution in [0, 0.1) is 6.92 Å². The molecule has 0 atom stereocenters.